The van der Waals surface area contributed by atoms with Crippen molar-refractivity contribution in [1.82, 2.24) is 15.1 Å². The molecule has 1 aliphatic rings. The van der Waals surface area contributed by atoms with E-state index < -0.39 is 18.1 Å². The highest BCUT2D eigenvalue weighted by atomic mass is 16.2. The number of aryl methyl sites for hydroxylation is 3. The molecule has 4 amide bonds. The first-order valence-electron chi connectivity index (χ1n) is 10.3. The monoisotopic (exact) mass is 423 g/mol. The van der Waals surface area contributed by atoms with Gasteiger partial charge in [-0.2, -0.15) is 0 Å². The van der Waals surface area contributed by atoms with Crippen LogP contribution in [-0.4, -0.2) is 60.0 Å². The van der Waals surface area contributed by atoms with Gasteiger partial charge in [0.25, 0.3) is 11.8 Å². The predicted molar refractivity (Wildman–Crippen MR) is 120 cm³/mol. The predicted octanol–water partition coefficient (Wildman–Crippen LogP) is 2.00. The van der Waals surface area contributed by atoms with Crippen molar-refractivity contribution in [3.05, 3.63) is 64.7 Å². The van der Waals surface area contributed by atoms with Crippen molar-refractivity contribution in [2.45, 2.75) is 26.9 Å². The van der Waals surface area contributed by atoms with E-state index in [2.05, 4.69) is 10.6 Å². The molecule has 1 unspecified atom stereocenters. The molecule has 2 aromatic carbocycles. The van der Waals surface area contributed by atoms with Gasteiger partial charge in [-0.1, -0.05) is 23.8 Å². The van der Waals surface area contributed by atoms with E-state index in [1.165, 1.54) is 9.80 Å². The van der Waals surface area contributed by atoms with Crippen LogP contribution in [0.2, 0.25) is 0 Å². The number of amides is 4. The van der Waals surface area contributed by atoms with Crippen molar-refractivity contribution < 1.29 is 14.4 Å². The van der Waals surface area contributed by atoms with Crippen LogP contribution in [0.4, 0.5) is 10.5 Å². The third-order valence-electron chi connectivity index (χ3n) is 5.11. The summed E-state index contributed by atoms with van der Waals surface area (Å²) >= 11 is 0. The maximum Gasteiger partial charge on any atom is 0.323 e. The number of carbonyl (C=O) groups excluding carboxylic acids is 3. The van der Waals surface area contributed by atoms with E-state index in [0.717, 1.165) is 16.7 Å². The zero-order valence-electron chi connectivity index (χ0n) is 18.1. The molecule has 31 heavy (non-hydrogen) atoms. The molecule has 1 aliphatic heterocycles. The van der Waals surface area contributed by atoms with Crippen molar-refractivity contribution in [1.29, 1.82) is 0 Å². The van der Waals surface area contributed by atoms with Gasteiger partial charge >= 0.3 is 6.03 Å². The summed E-state index contributed by atoms with van der Waals surface area (Å²) in [5, 5.41) is 5.57. The second-order valence-electron chi connectivity index (χ2n) is 7.82. The average molecular weight is 424 g/mol. The number of rotatable bonds is 5. The number of nitrogens with zero attached hydrogens (tertiary/aromatic N) is 2. The van der Waals surface area contributed by atoms with E-state index in [-0.39, 0.29) is 32.1 Å². The fourth-order valence-electron chi connectivity index (χ4n) is 3.81. The van der Waals surface area contributed by atoms with Gasteiger partial charge in [0.15, 0.2) is 6.17 Å². The molecule has 0 aromatic heterocycles. The first-order chi connectivity index (χ1) is 14.8. The Kier molecular flexibility index (Phi) is 6.91. The topological polar surface area (TPSA) is 108 Å². The maximum absolute atomic E-state index is 13.2. The second-order valence-corrected chi connectivity index (χ2v) is 7.82. The summed E-state index contributed by atoms with van der Waals surface area (Å²) < 4.78 is 0. The van der Waals surface area contributed by atoms with Gasteiger partial charge in [0, 0.05) is 37.4 Å². The largest absolute Gasteiger partial charge is 0.351 e. The minimum absolute atomic E-state index is 0.245. The van der Waals surface area contributed by atoms with Gasteiger partial charge in [-0.05, 0) is 56.2 Å². The minimum Gasteiger partial charge on any atom is -0.351 e. The van der Waals surface area contributed by atoms with Gasteiger partial charge in [-0.3, -0.25) is 14.5 Å². The van der Waals surface area contributed by atoms with Gasteiger partial charge < -0.3 is 21.3 Å². The van der Waals surface area contributed by atoms with E-state index in [9.17, 15) is 14.4 Å². The van der Waals surface area contributed by atoms with Gasteiger partial charge in [0.1, 0.15) is 0 Å². The van der Waals surface area contributed by atoms with Gasteiger partial charge in [-0.15, -0.1) is 0 Å². The first-order valence-corrected chi connectivity index (χ1v) is 10.3. The summed E-state index contributed by atoms with van der Waals surface area (Å²) in [7, 11) is 0. The van der Waals surface area contributed by atoms with Crippen LogP contribution < -0.4 is 16.4 Å². The molecule has 0 bridgehead atoms. The van der Waals surface area contributed by atoms with Crippen LogP contribution in [0.3, 0.4) is 0 Å². The van der Waals surface area contributed by atoms with Crippen LogP contribution >= 0.6 is 0 Å². The Morgan fingerprint density at radius 1 is 0.968 bits per heavy atom. The first kappa shape index (κ1) is 22.3. The molecule has 0 aliphatic carbocycles. The number of anilines is 1. The Morgan fingerprint density at radius 2 is 1.65 bits per heavy atom. The van der Waals surface area contributed by atoms with Crippen LogP contribution in [0.15, 0.2) is 42.5 Å². The summed E-state index contributed by atoms with van der Waals surface area (Å²) in [5.41, 5.74) is 9.62. The van der Waals surface area contributed by atoms with Crippen molar-refractivity contribution in [3.63, 3.8) is 0 Å². The quantitative estimate of drug-likeness (QED) is 0.684. The van der Waals surface area contributed by atoms with E-state index in [1.807, 2.05) is 45.0 Å². The lowest BCUT2D eigenvalue weighted by molar-refractivity contribution is -0.127. The van der Waals surface area contributed by atoms with Crippen molar-refractivity contribution in [3.8, 4) is 0 Å². The summed E-state index contributed by atoms with van der Waals surface area (Å²) in [6.07, 6.45) is -1.05. The number of nitrogens with two attached hydrogens (primary N) is 1. The molecule has 0 radical (unpaired) electrons. The van der Waals surface area contributed by atoms with E-state index in [4.69, 9.17) is 5.73 Å². The Bertz CT molecular complexity index is 971. The molecular formula is C23H29N5O3. The smallest absolute Gasteiger partial charge is 0.323 e. The van der Waals surface area contributed by atoms with Crippen LogP contribution in [0.1, 0.15) is 27.0 Å². The molecular weight excluding hydrogens is 394 g/mol. The molecule has 0 saturated carbocycles. The van der Waals surface area contributed by atoms with Crippen LogP contribution in [-0.2, 0) is 4.79 Å². The highest BCUT2D eigenvalue weighted by Crippen LogP contribution is 2.21. The zero-order valence-corrected chi connectivity index (χ0v) is 18.1. The van der Waals surface area contributed by atoms with Crippen molar-refractivity contribution in [2.24, 2.45) is 5.73 Å². The number of hydrogen-bond donors (Lipinski definition) is 3. The third-order valence-corrected chi connectivity index (χ3v) is 5.11. The third kappa shape index (κ3) is 5.21. The molecule has 1 atom stereocenters. The SMILES string of the molecule is Cc1cc(C)cc(NC(=O)N2CCN(C(=O)c3cccc(C)c3)C2C(=O)NCCN)c1. The van der Waals surface area contributed by atoms with Gasteiger partial charge in [-0.25, -0.2) is 4.79 Å². The molecule has 3 rings (SSSR count). The summed E-state index contributed by atoms with van der Waals surface area (Å²) in [4.78, 5) is 42.0. The molecule has 1 saturated heterocycles. The summed E-state index contributed by atoms with van der Waals surface area (Å²) in [6, 6.07) is 12.5. The molecule has 164 valence electrons. The van der Waals surface area contributed by atoms with Crippen molar-refractivity contribution in [2.75, 3.05) is 31.5 Å². The van der Waals surface area contributed by atoms with Crippen molar-refractivity contribution >= 4 is 23.5 Å². The molecule has 8 nitrogen and oxygen atoms in total. The van der Waals surface area contributed by atoms with Crippen LogP contribution in [0.25, 0.3) is 0 Å². The maximum atomic E-state index is 13.2. The Morgan fingerprint density at radius 3 is 2.29 bits per heavy atom. The lowest BCUT2D eigenvalue weighted by Gasteiger charge is -2.29. The second kappa shape index (κ2) is 9.61. The molecule has 0 spiro atoms. The lowest BCUT2D eigenvalue weighted by Crippen LogP contribution is -2.55. The number of carbonyl (C=O) groups is 3. The highest BCUT2D eigenvalue weighted by Gasteiger charge is 2.42. The number of benzene rings is 2. The molecule has 1 fully saturated rings. The zero-order chi connectivity index (χ0) is 22.5. The Hall–Kier alpha value is -3.39. The summed E-state index contributed by atoms with van der Waals surface area (Å²) in [5.74, 6) is -0.724. The normalized spacial score (nSPS) is 15.7. The number of hydrogen-bond acceptors (Lipinski definition) is 4. The van der Waals surface area contributed by atoms with E-state index >= 15 is 0 Å². The lowest BCUT2D eigenvalue weighted by atomic mass is 10.1. The standard InChI is InChI=1S/C23H29N5O3/c1-15-5-4-6-18(12-15)22(30)27-9-10-28(21(27)20(29)25-8-7-24)23(31)26-19-13-16(2)11-17(3)14-19/h4-6,11-14,21H,7-10,24H2,1-3H3,(H,25,29)(H,26,31). The Balaban J connectivity index is 1.85. The fraction of sp³-hybridized carbons (Fsp3) is 0.348. The number of urea groups is 1. The van der Waals surface area contributed by atoms with E-state index in [1.54, 1.807) is 18.2 Å². The van der Waals surface area contributed by atoms with E-state index in [0.29, 0.717) is 11.3 Å². The van der Waals surface area contributed by atoms with Gasteiger partial charge in [0.2, 0.25) is 0 Å². The van der Waals surface area contributed by atoms with Crippen LogP contribution in [0, 0.1) is 20.8 Å². The molecule has 2 aromatic rings. The number of nitrogens with one attached hydrogen (secondary N) is 2. The molecule has 4 N–H and O–H groups in total. The fourth-order valence-corrected chi connectivity index (χ4v) is 3.81. The van der Waals surface area contributed by atoms with Crippen LogP contribution in [0.5, 0.6) is 0 Å². The Labute approximate surface area is 182 Å². The molecule has 8 heteroatoms. The molecule has 1 heterocycles. The average Bonchev–Trinajstić information content (AvgIpc) is 3.16. The van der Waals surface area contributed by atoms with Gasteiger partial charge in [0.05, 0.1) is 0 Å². The minimum atomic E-state index is -1.05. The highest BCUT2D eigenvalue weighted by molar-refractivity contribution is 6.00. The summed E-state index contributed by atoms with van der Waals surface area (Å²) in [6.45, 7) is 6.82.